The number of aromatic nitrogens is 2. The Kier molecular flexibility index (Phi) is 4.57. The van der Waals surface area contributed by atoms with E-state index in [1.165, 1.54) is 11.8 Å². The lowest BCUT2D eigenvalue weighted by Gasteiger charge is -2.16. The molecule has 0 atom stereocenters. The van der Waals surface area contributed by atoms with Crippen LogP contribution in [0.5, 0.6) is 0 Å². The first-order chi connectivity index (χ1) is 9.56. The number of carbonyl (C=O) groups is 1. The van der Waals surface area contributed by atoms with Gasteiger partial charge in [0.15, 0.2) is 5.16 Å². The quantitative estimate of drug-likeness (QED) is 0.689. The van der Waals surface area contributed by atoms with E-state index >= 15 is 0 Å². The Morgan fingerprint density at radius 1 is 1.30 bits per heavy atom. The number of anilines is 2. The third-order valence-corrected chi connectivity index (χ3v) is 3.53. The van der Waals surface area contributed by atoms with Crippen molar-refractivity contribution >= 4 is 29.2 Å². The first-order valence-electron chi connectivity index (χ1n) is 6.12. The highest BCUT2D eigenvalue weighted by atomic mass is 32.2. The van der Waals surface area contributed by atoms with Crippen LogP contribution in [0.4, 0.5) is 11.5 Å². The van der Waals surface area contributed by atoms with E-state index in [2.05, 4.69) is 9.97 Å². The summed E-state index contributed by atoms with van der Waals surface area (Å²) < 4.78 is 0. The fraction of sp³-hybridized carbons (Fsp3) is 0.214. The largest absolute Gasteiger partial charge is 0.384 e. The molecule has 20 heavy (non-hydrogen) atoms. The lowest BCUT2D eigenvalue weighted by atomic mass is 10.3. The molecular weight excluding hydrogens is 272 g/mol. The fourth-order valence-corrected chi connectivity index (χ4v) is 2.47. The summed E-state index contributed by atoms with van der Waals surface area (Å²) in [4.78, 5) is 22.1. The number of nitrogens with two attached hydrogens (primary N) is 1. The summed E-state index contributed by atoms with van der Waals surface area (Å²) in [6.45, 7) is 1.85. The van der Waals surface area contributed by atoms with E-state index in [9.17, 15) is 4.79 Å². The van der Waals surface area contributed by atoms with Crippen LogP contribution in [0.25, 0.3) is 0 Å². The number of hydrogen-bond donors (Lipinski definition) is 1. The molecule has 2 N–H and O–H groups in total. The van der Waals surface area contributed by atoms with Crippen molar-refractivity contribution in [1.82, 2.24) is 9.97 Å². The van der Waals surface area contributed by atoms with E-state index in [1.54, 1.807) is 18.0 Å². The summed E-state index contributed by atoms with van der Waals surface area (Å²) in [5.74, 6) is 0.683. The second kappa shape index (κ2) is 6.38. The third kappa shape index (κ3) is 3.71. The normalized spacial score (nSPS) is 10.3. The zero-order valence-corrected chi connectivity index (χ0v) is 12.2. The molecule has 0 aliphatic heterocycles. The Morgan fingerprint density at radius 2 is 2.00 bits per heavy atom. The maximum atomic E-state index is 12.1. The maximum Gasteiger partial charge on any atom is 0.237 e. The summed E-state index contributed by atoms with van der Waals surface area (Å²) in [6.07, 6.45) is 0. The number of carbonyl (C=O) groups excluding carboxylic acids is 1. The third-order valence-electron chi connectivity index (χ3n) is 2.70. The van der Waals surface area contributed by atoms with Crippen molar-refractivity contribution in [3.05, 3.63) is 42.1 Å². The van der Waals surface area contributed by atoms with Crippen LogP contribution in [0.2, 0.25) is 0 Å². The number of benzene rings is 1. The number of hydrogen-bond acceptors (Lipinski definition) is 5. The molecule has 0 aliphatic rings. The van der Waals surface area contributed by atoms with Crippen LogP contribution in [-0.2, 0) is 4.79 Å². The van der Waals surface area contributed by atoms with Gasteiger partial charge < -0.3 is 10.6 Å². The van der Waals surface area contributed by atoms with Crippen LogP contribution in [0, 0.1) is 6.92 Å². The van der Waals surface area contributed by atoms with Gasteiger partial charge in [-0.25, -0.2) is 9.97 Å². The Labute approximate surface area is 122 Å². The van der Waals surface area contributed by atoms with Gasteiger partial charge in [-0.3, -0.25) is 4.79 Å². The molecule has 104 valence electrons. The monoisotopic (exact) mass is 288 g/mol. The van der Waals surface area contributed by atoms with Gasteiger partial charge in [0.05, 0.1) is 5.75 Å². The molecule has 6 heteroatoms. The Bertz CT molecular complexity index is 583. The van der Waals surface area contributed by atoms with Gasteiger partial charge in [0.2, 0.25) is 5.91 Å². The zero-order valence-electron chi connectivity index (χ0n) is 11.4. The molecule has 2 aromatic rings. The number of para-hydroxylation sites is 1. The molecule has 1 amide bonds. The topological polar surface area (TPSA) is 72.1 Å². The van der Waals surface area contributed by atoms with Crippen molar-refractivity contribution in [3.8, 4) is 0 Å². The van der Waals surface area contributed by atoms with Gasteiger partial charge in [-0.05, 0) is 19.1 Å². The van der Waals surface area contributed by atoms with Crippen molar-refractivity contribution in [2.75, 3.05) is 23.4 Å². The summed E-state index contributed by atoms with van der Waals surface area (Å²) >= 11 is 1.29. The molecule has 1 heterocycles. The zero-order chi connectivity index (χ0) is 14.5. The number of nitrogen functional groups attached to an aromatic ring is 1. The molecule has 5 nitrogen and oxygen atoms in total. The average Bonchev–Trinajstić information content (AvgIpc) is 2.44. The first-order valence-corrected chi connectivity index (χ1v) is 7.10. The average molecular weight is 288 g/mol. The van der Waals surface area contributed by atoms with Crippen molar-refractivity contribution < 1.29 is 4.79 Å². The number of nitrogens with zero attached hydrogens (tertiary/aromatic N) is 3. The minimum absolute atomic E-state index is 0.00937. The molecule has 1 aromatic carbocycles. The van der Waals surface area contributed by atoms with E-state index in [0.29, 0.717) is 11.0 Å². The lowest BCUT2D eigenvalue weighted by molar-refractivity contribution is -0.115. The fourth-order valence-electron chi connectivity index (χ4n) is 1.65. The molecule has 0 fully saturated rings. The van der Waals surface area contributed by atoms with E-state index in [4.69, 9.17) is 5.73 Å². The minimum Gasteiger partial charge on any atom is -0.384 e. The predicted molar refractivity (Wildman–Crippen MR) is 81.8 cm³/mol. The van der Waals surface area contributed by atoms with Crippen LogP contribution >= 0.6 is 11.8 Å². The smallest absolute Gasteiger partial charge is 0.237 e. The van der Waals surface area contributed by atoms with Crippen molar-refractivity contribution in [2.24, 2.45) is 0 Å². The van der Waals surface area contributed by atoms with Gasteiger partial charge in [-0.15, -0.1) is 0 Å². The highest BCUT2D eigenvalue weighted by Gasteiger charge is 2.12. The van der Waals surface area contributed by atoms with E-state index in [1.807, 2.05) is 37.3 Å². The van der Waals surface area contributed by atoms with Gasteiger partial charge in [-0.2, -0.15) is 0 Å². The number of aryl methyl sites for hydroxylation is 1. The SMILES string of the molecule is Cc1cc(N)nc(SCC(=O)N(C)c2ccccc2)n1. The molecule has 0 spiro atoms. The van der Waals surface area contributed by atoms with Gasteiger partial charge in [0.25, 0.3) is 0 Å². The van der Waals surface area contributed by atoms with Crippen LogP contribution in [0.3, 0.4) is 0 Å². The highest BCUT2D eigenvalue weighted by Crippen LogP contribution is 2.18. The number of rotatable bonds is 4. The van der Waals surface area contributed by atoms with E-state index < -0.39 is 0 Å². The minimum atomic E-state index is -0.00937. The Hall–Kier alpha value is -2.08. The molecule has 0 unspecified atom stereocenters. The van der Waals surface area contributed by atoms with Crippen LogP contribution in [0.1, 0.15) is 5.69 Å². The van der Waals surface area contributed by atoms with Crippen molar-refractivity contribution in [2.45, 2.75) is 12.1 Å². The van der Waals surface area contributed by atoms with Gasteiger partial charge >= 0.3 is 0 Å². The van der Waals surface area contributed by atoms with Crippen LogP contribution in [0.15, 0.2) is 41.6 Å². The van der Waals surface area contributed by atoms with Crippen LogP contribution < -0.4 is 10.6 Å². The van der Waals surface area contributed by atoms with E-state index in [-0.39, 0.29) is 11.7 Å². The molecule has 2 rings (SSSR count). The van der Waals surface area contributed by atoms with Crippen molar-refractivity contribution in [1.29, 1.82) is 0 Å². The maximum absolute atomic E-state index is 12.1. The van der Waals surface area contributed by atoms with Crippen LogP contribution in [-0.4, -0.2) is 28.7 Å². The van der Waals surface area contributed by atoms with Crippen molar-refractivity contribution in [3.63, 3.8) is 0 Å². The Morgan fingerprint density at radius 3 is 2.65 bits per heavy atom. The summed E-state index contributed by atoms with van der Waals surface area (Å²) in [5, 5.41) is 0.525. The summed E-state index contributed by atoms with van der Waals surface area (Å²) in [5.41, 5.74) is 7.32. The molecule has 0 radical (unpaired) electrons. The van der Waals surface area contributed by atoms with Gasteiger partial charge in [0, 0.05) is 24.5 Å². The lowest BCUT2D eigenvalue weighted by Crippen LogP contribution is -2.27. The summed E-state index contributed by atoms with van der Waals surface area (Å²) in [6, 6.07) is 11.2. The first kappa shape index (κ1) is 14.3. The second-order valence-electron chi connectivity index (χ2n) is 4.29. The predicted octanol–water partition coefficient (Wildman–Crippen LogP) is 2.12. The molecule has 0 saturated heterocycles. The second-order valence-corrected chi connectivity index (χ2v) is 5.24. The van der Waals surface area contributed by atoms with Gasteiger partial charge in [-0.1, -0.05) is 30.0 Å². The number of thioether (sulfide) groups is 1. The highest BCUT2D eigenvalue weighted by molar-refractivity contribution is 7.99. The molecule has 0 aliphatic carbocycles. The molecular formula is C14H16N4OS. The van der Waals surface area contributed by atoms with E-state index in [0.717, 1.165) is 11.4 Å². The Balaban J connectivity index is 1.98. The number of amides is 1. The molecule has 0 saturated carbocycles. The molecule has 0 bridgehead atoms. The summed E-state index contributed by atoms with van der Waals surface area (Å²) in [7, 11) is 1.75. The molecule has 1 aromatic heterocycles. The van der Waals surface area contributed by atoms with Gasteiger partial charge in [0.1, 0.15) is 5.82 Å². The standard InChI is InChI=1S/C14H16N4OS/c1-10-8-12(15)17-14(16-10)20-9-13(19)18(2)11-6-4-3-5-7-11/h3-8H,9H2,1-2H3,(H2,15,16,17).